The Bertz CT molecular complexity index is 424. The smallest absolute Gasteiger partial charge is 0.261 e. The van der Waals surface area contributed by atoms with Gasteiger partial charge >= 0.3 is 0 Å². The Labute approximate surface area is 131 Å². The van der Waals surface area contributed by atoms with Crippen LogP contribution in [-0.2, 0) is 4.79 Å². The van der Waals surface area contributed by atoms with Crippen molar-refractivity contribution in [3.05, 3.63) is 24.3 Å². The predicted molar refractivity (Wildman–Crippen MR) is 86.8 cm³/mol. The summed E-state index contributed by atoms with van der Waals surface area (Å²) >= 11 is 1.66. The van der Waals surface area contributed by atoms with Gasteiger partial charge in [0.05, 0.1) is 0 Å². The Hall–Kier alpha value is -0.910. The summed E-state index contributed by atoms with van der Waals surface area (Å²) < 4.78 is 5.60. The largest absolute Gasteiger partial charge is 0.481 e. The summed E-state index contributed by atoms with van der Waals surface area (Å²) in [4.78, 5) is 13.1. The van der Waals surface area contributed by atoms with Gasteiger partial charge in [-0.1, -0.05) is 0 Å². The van der Waals surface area contributed by atoms with E-state index in [2.05, 4.69) is 5.32 Å². The highest BCUT2D eigenvalue weighted by atomic mass is 35.5. The van der Waals surface area contributed by atoms with E-state index in [1.807, 2.05) is 44.4 Å². The van der Waals surface area contributed by atoms with Gasteiger partial charge in [-0.3, -0.25) is 4.79 Å². The highest BCUT2D eigenvalue weighted by Gasteiger charge is 2.23. The first-order valence-corrected chi connectivity index (χ1v) is 7.43. The van der Waals surface area contributed by atoms with Crippen LogP contribution in [0.1, 0.15) is 20.8 Å². The molecule has 114 valence electrons. The van der Waals surface area contributed by atoms with E-state index < -0.39 is 11.6 Å². The molecule has 6 heteroatoms. The zero-order valence-corrected chi connectivity index (χ0v) is 13.9. The number of benzene rings is 1. The van der Waals surface area contributed by atoms with Crippen LogP contribution in [0.25, 0.3) is 0 Å². The summed E-state index contributed by atoms with van der Waals surface area (Å²) in [6.45, 7) is 5.87. The van der Waals surface area contributed by atoms with Gasteiger partial charge in [0.1, 0.15) is 5.75 Å². The zero-order chi connectivity index (χ0) is 14.5. The topological polar surface area (TPSA) is 64.3 Å². The number of ether oxygens (including phenoxy) is 1. The van der Waals surface area contributed by atoms with E-state index in [-0.39, 0.29) is 18.3 Å². The third-order valence-corrected chi connectivity index (χ3v) is 3.46. The van der Waals surface area contributed by atoms with Gasteiger partial charge in [0, 0.05) is 17.0 Å². The molecule has 1 unspecified atom stereocenters. The zero-order valence-electron chi connectivity index (χ0n) is 12.3. The normalized spacial score (nSPS) is 12.2. The first-order valence-electron chi connectivity index (χ1n) is 6.21. The first-order chi connectivity index (χ1) is 8.88. The summed E-state index contributed by atoms with van der Waals surface area (Å²) in [6, 6.07) is 7.66. The molecule has 0 aliphatic heterocycles. The van der Waals surface area contributed by atoms with Crippen molar-refractivity contribution < 1.29 is 9.53 Å². The number of nitrogens with two attached hydrogens (primary N) is 1. The van der Waals surface area contributed by atoms with E-state index >= 15 is 0 Å². The third-order valence-electron chi connectivity index (χ3n) is 2.71. The fraction of sp³-hybridized carbons (Fsp3) is 0.500. The van der Waals surface area contributed by atoms with Crippen LogP contribution in [-0.4, -0.2) is 30.4 Å². The third kappa shape index (κ3) is 6.03. The summed E-state index contributed by atoms with van der Waals surface area (Å²) in [6.07, 6.45) is 1.46. The van der Waals surface area contributed by atoms with Gasteiger partial charge in [-0.05, 0) is 51.3 Å². The van der Waals surface area contributed by atoms with Gasteiger partial charge in [0.15, 0.2) is 6.10 Å². The molecule has 0 aliphatic rings. The number of amides is 1. The number of halogens is 1. The molecule has 0 spiro atoms. The maximum absolute atomic E-state index is 11.9. The van der Waals surface area contributed by atoms with Crippen LogP contribution in [0.5, 0.6) is 5.75 Å². The molecule has 0 fully saturated rings. The Morgan fingerprint density at radius 2 is 1.95 bits per heavy atom. The number of nitrogens with one attached hydrogen (secondary N) is 1. The lowest BCUT2D eigenvalue weighted by Crippen LogP contribution is -2.52. The number of hydrogen-bond acceptors (Lipinski definition) is 4. The van der Waals surface area contributed by atoms with Crippen LogP contribution in [0.2, 0.25) is 0 Å². The quantitative estimate of drug-likeness (QED) is 0.791. The number of carbonyl (C=O) groups excluding carboxylic acids is 1. The van der Waals surface area contributed by atoms with E-state index in [1.54, 1.807) is 18.7 Å². The van der Waals surface area contributed by atoms with Crippen LogP contribution in [0.4, 0.5) is 0 Å². The van der Waals surface area contributed by atoms with Crippen molar-refractivity contribution in [1.82, 2.24) is 5.32 Å². The van der Waals surface area contributed by atoms with Crippen molar-refractivity contribution in [1.29, 1.82) is 0 Å². The maximum Gasteiger partial charge on any atom is 0.261 e. The summed E-state index contributed by atoms with van der Waals surface area (Å²) in [5.74, 6) is 0.524. The molecule has 3 N–H and O–H groups in total. The first kappa shape index (κ1) is 19.1. The van der Waals surface area contributed by atoms with Gasteiger partial charge in [0.2, 0.25) is 0 Å². The minimum atomic E-state index is -0.550. The highest BCUT2D eigenvalue weighted by molar-refractivity contribution is 7.98. The predicted octanol–water partition coefficient (Wildman–Crippen LogP) is 2.45. The van der Waals surface area contributed by atoms with Crippen LogP contribution >= 0.6 is 24.2 Å². The van der Waals surface area contributed by atoms with Gasteiger partial charge in [-0.15, -0.1) is 24.2 Å². The van der Waals surface area contributed by atoms with Crippen molar-refractivity contribution >= 4 is 30.1 Å². The molecule has 0 radical (unpaired) electrons. The van der Waals surface area contributed by atoms with Crippen LogP contribution < -0.4 is 15.8 Å². The van der Waals surface area contributed by atoms with E-state index in [1.165, 1.54) is 0 Å². The lowest BCUT2D eigenvalue weighted by molar-refractivity contribution is -0.128. The molecular formula is C14H23ClN2O2S. The Kier molecular flexibility index (Phi) is 8.01. The molecule has 1 rings (SSSR count). The summed E-state index contributed by atoms with van der Waals surface area (Å²) in [5, 5.41) is 2.86. The minimum Gasteiger partial charge on any atom is -0.481 e. The minimum absolute atomic E-state index is 0. The number of thioether (sulfide) groups is 1. The van der Waals surface area contributed by atoms with Crippen molar-refractivity contribution in [2.75, 3.05) is 12.8 Å². The molecule has 4 nitrogen and oxygen atoms in total. The Balaban J connectivity index is 0.00000361. The van der Waals surface area contributed by atoms with Crippen molar-refractivity contribution in [3.63, 3.8) is 0 Å². The molecule has 1 atom stereocenters. The van der Waals surface area contributed by atoms with Crippen molar-refractivity contribution in [3.8, 4) is 5.75 Å². The second kappa shape index (κ2) is 8.39. The SMILES string of the molecule is CSc1ccc(OC(C)C(=O)NC(C)(C)CN)cc1.Cl. The Morgan fingerprint density at radius 3 is 2.40 bits per heavy atom. The fourth-order valence-corrected chi connectivity index (χ4v) is 1.81. The average Bonchev–Trinajstić information content (AvgIpc) is 2.39. The van der Waals surface area contributed by atoms with Gasteiger partial charge in [-0.2, -0.15) is 0 Å². The molecule has 1 aromatic rings. The second-order valence-electron chi connectivity index (χ2n) is 5.01. The standard InChI is InChI=1S/C14H22N2O2S.ClH/c1-10(13(17)16-14(2,3)9-15)18-11-5-7-12(19-4)8-6-11;/h5-8,10H,9,15H2,1-4H3,(H,16,17);1H. The maximum atomic E-state index is 11.9. The molecule has 0 saturated carbocycles. The molecular weight excluding hydrogens is 296 g/mol. The fourth-order valence-electron chi connectivity index (χ4n) is 1.40. The number of carbonyl (C=O) groups is 1. The van der Waals surface area contributed by atoms with Crippen molar-refractivity contribution in [2.45, 2.75) is 37.3 Å². The van der Waals surface area contributed by atoms with E-state index in [0.717, 1.165) is 4.90 Å². The lowest BCUT2D eigenvalue weighted by Gasteiger charge is -2.26. The monoisotopic (exact) mass is 318 g/mol. The lowest BCUT2D eigenvalue weighted by atomic mass is 10.1. The van der Waals surface area contributed by atoms with Gasteiger partial charge < -0.3 is 15.8 Å². The summed E-state index contributed by atoms with van der Waals surface area (Å²) in [5.41, 5.74) is 5.16. The average molecular weight is 319 g/mol. The molecule has 1 amide bonds. The number of hydrogen-bond donors (Lipinski definition) is 2. The van der Waals surface area contributed by atoms with E-state index in [9.17, 15) is 4.79 Å². The van der Waals surface area contributed by atoms with Crippen LogP contribution in [0.3, 0.4) is 0 Å². The molecule has 0 aliphatic carbocycles. The molecule has 0 heterocycles. The summed E-state index contributed by atoms with van der Waals surface area (Å²) in [7, 11) is 0. The van der Waals surface area contributed by atoms with Crippen molar-refractivity contribution in [2.24, 2.45) is 5.73 Å². The van der Waals surface area contributed by atoms with Gasteiger partial charge in [0.25, 0.3) is 5.91 Å². The van der Waals surface area contributed by atoms with Gasteiger partial charge in [-0.25, -0.2) is 0 Å². The number of rotatable bonds is 6. The molecule has 1 aromatic carbocycles. The molecule has 0 saturated heterocycles. The van der Waals surface area contributed by atoms with E-state index in [0.29, 0.717) is 12.3 Å². The Morgan fingerprint density at radius 1 is 1.40 bits per heavy atom. The highest BCUT2D eigenvalue weighted by Crippen LogP contribution is 2.19. The molecule has 0 bridgehead atoms. The molecule has 20 heavy (non-hydrogen) atoms. The van der Waals surface area contributed by atoms with Crippen LogP contribution in [0, 0.1) is 0 Å². The molecule has 0 aromatic heterocycles. The van der Waals surface area contributed by atoms with Crippen LogP contribution in [0.15, 0.2) is 29.2 Å². The van der Waals surface area contributed by atoms with E-state index in [4.69, 9.17) is 10.5 Å². The second-order valence-corrected chi connectivity index (χ2v) is 5.89.